The number of amides is 4. The van der Waals surface area contributed by atoms with Crippen molar-refractivity contribution in [2.24, 2.45) is 5.92 Å². The maximum absolute atomic E-state index is 12.7. The molecule has 1 unspecified atom stereocenters. The third-order valence-corrected chi connectivity index (χ3v) is 6.78. The molecule has 2 fully saturated rings. The molecule has 36 heavy (non-hydrogen) atoms. The topological polar surface area (TPSA) is 105 Å². The Morgan fingerprint density at radius 1 is 1.08 bits per heavy atom. The van der Waals surface area contributed by atoms with Gasteiger partial charge < -0.3 is 19.7 Å². The molecule has 2 aromatic carbocycles. The van der Waals surface area contributed by atoms with E-state index in [-0.39, 0.29) is 43.1 Å². The summed E-state index contributed by atoms with van der Waals surface area (Å²) in [6.07, 6.45) is 1.76. The molecule has 1 atom stereocenters. The lowest BCUT2D eigenvalue weighted by Gasteiger charge is -2.18. The number of ether oxygens (including phenoxy) is 2. The van der Waals surface area contributed by atoms with E-state index in [4.69, 9.17) is 9.47 Å². The number of carbonyl (C=O) groups is 4. The van der Waals surface area contributed by atoms with Crippen molar-refractivity contribution in [3.05, 3.63) is 59.0 Å². The second-order valence-corrected chi connectivity index (χ2v) is 9.22. The largest absolute Gasteiger partial charge is 0.497 e. The Labute approximate surface area is 213 Å². The first-order valence-electron chi connectivity index (χ1n) is 11.6. The van der Waals surface area contributed by atoms with Crippen LogP contribution in [0.1, 0.15) is 18.9 Å². The molecule has 0 spiro atoms. The Hall–Kier alpha value is -3.79. The van der Waals surface area contributed by atoms with Gasteiger partial charge in [0.15, 0.2) is 0 Å². The van der Waals surface area contributed by atoms with Gasteiger partial charge in [0, 0.05) is 31.7 Å². The van der Waals surface area contributed by atoms with E-state index in [0.717, 1.165) is 22.2 Å². The van der Waals surface area contributed by atoms with E-state index >= 15 is 0 Å². The molecule has 2 aliphatic heterocycles. The molecule has 4 amide bonds. The third kappa shape index (κ3) is 5.71. The van der Waals surface area contributed by atoms with Crippen molar-refractivity contribution in [1.29, 1.82) is 0 Å². The molecule has 1 N–H and O–H groups in total. The standard InChI is InChI=1S/C26H27N3O6S/c1-3-35-21-10-6-19(7-11-21)29-16-18(15-23(29)30)24(31)27-12-13-28-25(32)22(36-26(28)33)14-17-4-8-20(34-2)9-5-17/h4-11,14,18H,3,12-13,15-16H2,1-2H3,(H,27,31)/b22-14-. The van der Waals surface area contributed by atoms with Crippen LogP contribution < -0.4 is 19.7 Å². The fraction of sp³-hybridized carbons (Fsp3) is 0.308. The highest BCUT2D eigenvalue weighted by Gasteiger charge is 2.37. The van der Waals surface area contributed by atoms with Gasteiger partial charge in [0.2, 0.25) is 11.8 Å². The van der Waals surface area contributed by atoms with Crippen molar-refractivity contribution in [3.63, 3.8) is 0 Å². The van der Waals surface area contributed by atoms with E-state index in [1.807, 2.05) is 6.92 Å². The van der Waals surface area contributed by atoms with E-state index in [1.54, 1.807) is 66.6 Å². The monoisotopic (exact) mass is 509 g/mol. The molecule has 9 nitrogen and oxygen atoms in total. The first-order valence-corrected chi connectivity index (χ1v) is 12.4. The summed E-state index contributed by atoms with van der Waals surface area (Å²) in [7, 11) is 1.57. The van der Waals surface area contributed by atoms with Gasteiger partial charge in [-0.05, 0) is 66.7 Å². The van der Waals surface area contributed by atoms with Crippen LogP contribution in [0.3, 0.4) is 0 Å². The summed E-state index contributed by atoms with van der Waals surface area (Å²) in [5.41, 5.74) is 1.48. The summed E-state index contributed by atoms with van der Waals surface area (Å²) in [5, 5.41) is 2.38. The molecule has 0 aromatic heterocycles. The quantitative estimate of drug-likeness (QED) is 0.517. The molecule has 2 aliphatic rings. The predicted octanol–water partition coefficient (Wildman–Crippen LogP) is 3.30. The van der Waals surface area contributed by atoms with Crippen LogP contribution in [0.25, 0.3) is 6.08 Å². The molecule has 0 saturated carbocycles. The lowest BCUT2D eigenvalue weighted by molar-refractivity contribution is -0.127. The number of nitrogens with zero attached hydrogens (tertiary/aromatic N) is 2. The van der Waals surface area contributed by atoms with Crippen LogP contribution in [0.4, 0.5) is 10.5 Å². The van der Waals surface area contributed by atoms with Crippen molar-refractivity contribution in [2.45, 2.75) is 13.3 Å². The van der Waals surface area contributed by atoms with Gasteiger partial charge in [0.25, 0.3) is 11.1 Å². The van der Waals surface area contributed by atoms with Gasteiger partial charge in [-0.25, -0.2) is 0 Å². The van der Waals surface area contributed by atoms with Crippen LogP contribution in [0.5, 0.6) is 11.5 Å². The van der Waals surface area contributed by atoms with E-state index in [2.05, 4.69) is 5.32 Å². The smallest absolute Gasteiger partial charge is 0.293 e. The molecule has 0 radical (unpaired) electrons. The van der Waals surface area contributed by atoms with Gasteiger partial charge in [0.1, 0.15) is 11.5 Å². The number of methoxy groups -OCH3 is 1. The van der Waals surface area contributed by atoms with Gasteiger partial charge in [-0.1, -0.05) is 12.1 Å². The minimum absolute atomic E-state index is 0.0552. The molecule has 2 saturated heterocycles. The fourth-order valence-electron chi connectivity index (χ4n) is 4.00. The lowest BCUT2D eigenvalue weighted by Crippen LogP contribution is -2.40. The van der Waals surface area contributed by atoms with E-state index in [1.165, 1.54) is 0 Å². The number of imide groups is 1. The van der Waals surface area contributed by atoms with Gasteiger partial charge in [-0.3, -0.25) is 24.1 Å². The van der Waals surface area contributed by atoms with Crippen molar-refractivity contribution in [2.75, 3.05) is 38.3 Å². The molecule has 2 heterocycles. The summed E-state index contributed by atoms with van der Waals surface area (Å²) in [4.78, 5) is 53.3. The number of hydrogen-bond acceptors (Lipinski definition) is 7. The molecule has 188 valence electrons. The number of anilines is 1. The lowest BCUT2D eigenvalue weighted by atomic mass is 10.1. The average Bonchev–Trinajstić information content (AvgIpc) is 3.39. The first kappa shape index (κ1) is 25.3. The highest BCUT2D eigenvalue weighted by atomic mass is 32.2. The summed E-state index contributed by atoms with van der Waals surface area (Å²) in [5.74, 6) is 0.101. The van der Waals surface area contributed by atoms with Crippen molar-refractivity contribution in [3.8, 4) is 11.5 Å². The van der Waals surface area contributed by atoms with Crippen LogP contribution >= 0.6 is 11.8 Å². The molecular weight excluding hydrogens is 482 g/mol. The zero-order valence-corrected chi connectivity index (χ0v) is 20.9. The Morgan fingerprint density at radius 2 is 1.78 bits per heavy atom. The van der Waals surface area contributed by atoms with Crippen LogP contribution in [0, 0.1) is 5.92 Å². The average molecular weight is 510 g/mol. The van der Waals surface area contributed by atoms with Gasteiger partial charge in [-0.2, -0.15) is 0 Å². The SMILES string of the molecule is CCOc1ccc(N2CC(C(=O)NCCN3C(=O)S/C(=C\c4ccc(OC)cc4)C3=O)CC2=O)cc1. The first-order chi connectivity index (χ1) is 17.4. The minimum atomic E-state index is -0.506. The van der Waals surface area contributed by atoms with Crippen LogP contribution in [-0.4, -0.2) is 61.2 Å². The summed E-state index contributed by atoms with van der Waals surface area (Å²) in [6, 6.07) is 14.3. The minimum Gasteiger partial charge on any atom is -0.497 e. The second kappa shape index (κ2) is 11.3. The van der Waals surface area contributed by atoms with Crippen LogP contribution in [0.2, 0.25) is 0 Å². The van der Waals surface area contributed by atoms with Crippen LogP contribution in [0.15, 0.2) is 53.4 Å². The summed E-state index contributed by atoms with van der Waals surface area (Å²) >= 11 is 0.867. The van der Waals surface area contributed by atoms with Crippen molar-refractivity contribution < 1.29 is 28.7 Å². The Morgan fingerprint density at radius 3 is 2.44 bits per heavy atom. The Kier molecular flexibility index (Phi) is 7.94. The maximum atomic E-state index is 12.7. The third-order valence-electron chi connectivity index (χ3n) is 5.88. The van der Waals surface area contributed by atoms with E-state index < -0.39 is 11.8 Å². The number of hydrogen-bond donors (Lipinski definition) is 1. The van der Waals surface area contributed by atoms with Gasteiger partial charge in [0.05, 0.1) is 24.5 Å². The van der Waals surface area contributed by atoms with Gasteiger partial charge in [-0.15, -0.1) is 0 Å². The zero-order valence-electron chi connectivity index (χ0n) is 20.1. The molecule has 4 rings (SSSR count). The summed E-state index contributed by atoms with van der Waals surface area (Å²) < 4.78 is 10.6. The number of benzene rings is 2. The van der Waals surface area contributed by atoms with Crippen LogP contribution in [-0.2, 0) is 14.4 Å². The Bertz CT molecular complexity index is 1180. The van der Waals surface area contributed by atoms with E-state index in [0.29, 0.717) is 28.7 Å². The van der Waals surface area contributed by atoms with Gasteiger partial charge >= 0.3 is 0 Å². The van der Waals surface area contributed by atoms with Crippen molar-refractivity contribution >= 4 is 46.5 Å². The molecule has 2 aromatic rings. The highest BCUT2D eigenvalue weighted by molar-refractivity contribution is 8.18. The molecular formula is C26H27N3O6S. The van der Waals surface area contributed by atoms with Crippen molar-refractivity contribution in [1.82, 2.24) is 10.2 Å². The molecule has 0 bridgehead atoms. The summed E-state index contributed by atoms with van der Waals surface area (Å²) in [6.45, 7) is 2.89. The number of thioether (sulfide) groups is 1. The predicted molar refractivity (Wildman–Crippen MR) is 137 cm³/mol. The van der Waals surface area contributed by atoms with E-state index in [9.17, 15) is 19.2 Å². The highest BCUT2D eigenvalue weighted by Crippen LogP contribution is 2.32. The molecule has 0 aliphatic carbocycles. The molecule has 10 heteroatoms. The normalized spacial score (nSPS) is 18.8. The number of rotatable bonds is 9. The zero-order chi connectivity index (χ0) is 25.7. The second-order valence-electron chi connectivity index (χ2n) is 8.23. The maximum Gasteiger partial charge on any atom is 0.293 e. The number of nitrogens with one attached hydrogen (secondary N) is 1. The number of carbonyl (C=O) groups excluding carboxylic acids is 4. The Balaban J connectivity index is 1.28. The fourth-order valence-corrected chi connectivity index (χ4v) is 4.87.